The number of carbonyl (C=O) groups excluding carboxylic acids is 2. The summed E-state index contributed by atoms with van der Waals surface area (Å²) in [6.45, 7) is 1.10. The molecule has 0 bridgehead atoms. The molecular weight excluding hydrogens is 272 g/mol. The van der Waals surface area contributed by atoms with Crippen LogP contribution in [0.5, 0.6) is 0 Å². The second-order valence-corrected chi connectivity index (χ2v) is 5.52. The van der Waals surface area contributed by atoms with Crippen molar-refractivity contribution >= 4 is 11.8 Å². The maximum atomic E-state index is 12.2. The Bertz CT molecular complexity index is 488. The van der Waals surface area contributed by atoms with Gasteiger partial charge in [-0.25, -0.2) is 0 Å². The molecule has 1 aromatic rings. The van der Waals surface area contributed by atoms with Crippen molar-refractivity contribution in [3.8, 4) is 0 Å². The Morgan fingerprint density at radius 1 is 1.48 bits per heavy atom. The van der Waals surface area contributed by atoms with Gasteiger partial charge in [0.05, 0.1) is 5.60 Å². The van der Waals surface area contributed by atoms with Gasteiger partial charge in [-0.3, -0.25) is 14.3 Å². The van der Waals surface area contributed by atoms with Crippen molar-refractivity contribution in [3.63, 3.8) is 0 Å². The molecule has 1 aromatic heterocycles. The van der Waals surface area contributed by atoms with Crippen molar-refractivity contribution in [2.24, 2.45) is 0 Å². The molecule has 2 rings (SSSR count). The first-order valence-corrected chi connectivity index (χ1v) is 7.20. The van der Waals surface area contributed by atoms with Crippen LogP contribution < -0.4 is 5.32 Å². The Hall–Kier alpha value is -1.89. The van der Waals surface area contributed by atoms with E-state index in [1.165, 1.54) is 0 Å². The minimum Gasteiger partial charge on any atom is -0.388 e. The average Bonchev–Trinajstić information content (AvgIpc) is 2.97. The number of nitrogens with one attached hydrogen (secondary N) is 1. The van der Waals surface area contributed by atoms with Crippen LogP contribution in [-0.4, -0.2) is 57.3 Å². The number of aliphatic hydroxyl groups is 1. The zero-order valence-electron chi connectivity index (χ0n) is 12.3. The molecule has 116 valence electrons. The number of hydrogen-bond donors (Lipinski definition) is 2. The lowest BCUT2D eigenvalue weighted by atomic mass is 9.88. The van der Waals surface area contributed by atoms with Gasteiger partial charge in [-0.2, -0.15) is 5.10 Å². The molecule has 1 aliphatic rings. The van der Waals surface area contributed by atoms with E-state index in [0.29, 0.717) is 19.4 Å². The third-order valence-electron chi connectivity index (χ3n) is 3.86. The van der Waals surface area contributed by atoms with Crippen LogP contribution in [0.25, 0.3) is 0 Å². The normalized spacial score (nSPS) is 22.1. The fraction of sp³-hybridized carbons (Fsp3) is 0.643. The second-order valence-electron chi connectivity index (χ2n) is 5.52. The van der Waals surface area contributed by atoms with Crippen LogP contribution in [0.3, 0.4) is 0 Å². The van der Waals surface area contributed by atoms with Crippen molar-refractivity contribution in [2.45, 2.75) is 37.8 Å². The van der Waals surface area contributed by atoms with E-state index in [1.54, 1.807) is 35.1 Å². The van der Waals surface area contributed by atoms with E-state index in [0.717, 1.165) is 6.42 Å². The van der Waals surface area contributed by atoms with E-state index in [9.17, 15) is 14.7 Å². The van der Waals surface area contributed by atoms with Crippen LogP contribution in [0, 0.1) is 0 Å². The summed E-state index contributed by atoms with van der Waals surface area (Å²) >= 11 is 0. The van der Waals surface area contributed by atoms with Crippen LogP contribution >= 0.6 is 0 Å². The number of piperidine rings is 1. The van der Waals surface area contributed by atoms with Gasteiger partial charge in [0.15, 0.2) is 0 Å². The van der Waals surface area contributed by atoms with Gasteiger partial charge in [-0.05, 0) is 25.3 Å². The van der Waals surface area contributed by atoms with Gasteiger partial charge >= 0.3 is 0 Å². The fourth-order valence-corrected chi connectivity index (χ4v) is 2.63. The maximum Gasteiger partial charge on any atom is 0.244 e. The van der Waals surface area contributed by atoms with Crippen molar-refractivity contribution < 1.29 is 14.7 Å². The number of likely N-dealkylation sites (tertiary alicyclic amines) is 1. The van der Waals surface area contributed by atoms with Gasteiger partial charge in [-0.1, -0.05) is 0 Å². The second kappa shape index (κ2) is 6.71. The van der Waals surface area contributed by atoms with Crippen LogP contribution in [0.2, 0.25) is 0 Å². The van der Waals surface area contributed by atoms with Crippen LogP contribution in [0.15, 0.2) is 18.5 Å². The molecule has 21 heavy (non-hydrogen) atoms. The summed E-state index contributed by atoms with van der Waals surface area (Å²) in [6.07, 6.45) is 5.37. The van der Waals surface area contributed by atoms with E-state index in [4.69, 9.17) is 0 Å². The number of aromatic nitrogens is 2. The van der Waals surface area contributed by atoms with E-state index in [1.807, 2.05) is 0 Å². The summed E-state index contributed by atoms with van der Waals surface area (Å²) < 4.78 is 1.57. The molecule has 2 amide bonds. The Morgan fingerprint density at radius 2 is 2.29 bits per heavy atom. The van der Waals surface area contributed by atoms with Gasteiger partial charge in [0.25, 0.3) is 0 Å². The first-order chi connectivity index (χ1) is 10.0. The summed E-state index contributed by atoms with van der Waals surface area (Å²) in [6, 6.07) is 1.77. The summed E-state index contributed by atoms with van der Waals surface area (Å²) in [5.74, 6) is -0.153. The van der Waals surface area contributed by atoms with Gasteiger partial charge < -0.3 is 15.3 Å². The maximum absolute atomic E-state index is 12.2. The zero-order valence-corrected chi connectivity index (χ0v) is 12.3. The molecule has 7 heteroatoms. The van der Waals surface area contributed by atoms with Gasteiger partial charge in [-0.15, -0.1) is 0 Å². The van der Waals surface area contributed by atoms with E-state index < -0.39 is 5.60 Å². The molecule has 0 spiro atoms. The SMILES string of the molecule is CNC(=O)CC[C@@]1(O)CCCN(C(=O)Cn2cccn2)C1. The number of amides is 2. The average molecular weight is 294 g/mol. The highest BCUT2D eigenvalue weighted by Crippen LogP contribution is 2.26. The predicted octanol–water partition coefficient (Wildman–Crippen LogP) is -0.237. The summed E-state index contributed by atoms with van der Waals surface area (Å²) in [5, 5.41) is 17.1. The highest BCUT2D eigenvalue weighted by atomic mass is 16.3. The lowest BCUT2D eigenvalue weighted by Crippen LogP contribution is -2.51. The molecule has 7 nitrogen and oxygen atoms in total. The standard InChI is InChI=1S/C14H22N4O3/c1-15-12(19)4-6-14(21)5-2-8-17(11-14)13(20)10-18-9-3-7-16-18/h3,7,9,21H,2,4-6,8,10-11H2,1H3,(H,15,19)/t14-/m0/s1. The summed E-state index contributed by atoms with van der Waals surface area (Å²) in [4.78, 5) is 25.2. The predicted molar refractivity (Wildman–Crippen MR) is 76.3 cm³/mol. The van der Waals surface area contributed by atoms with E-state index in [-0.39, 0.29) is 31.3 Å². The smallest absolute Gasteiger partial charge is 0.244 e. The van der Waals surface area contributed by atoms with E-state index in [2.05, 4.69) is 10.4 Å². The number of rotatable bonds is 5. The van der Waals surface area contributed by atoms with Crippen molar-refractivity contribution in [1.82, 2.24) is 20.0 Å². The monoisotopic (exact) mass is 294 g/mol. The minimum atomic E-state index is -0.968. The van der Waals surface area contributed by atoms with Gasteiger partial charge in [0.2, 0.25) is 11.8 Å². The van der Waals surface area contributed by atoms with Gasteiger partial charge in [0, 0.05) is 39.0 Å². The molecular formula is C14H22N4O3. The fourth-order valence-electron chi connectivity index (χ4n) is 2.63. The molecule has 1 atom stereocenters. The molecule has 1 saturated heterocycles. The largest absolute Gasteiger partial charge is 0.388 e. The molecule has 2 N–H and O–H groups in total. The number of nitrogens with zero attached hydrogens (tertiary/aromatic N) is 3. The Morgan fingerprint density at radius 3 is 2.95 bits per heavy atom. The molecule has 0 unspecified atom stereocenters. The van der Waals surface area contributed by atoms with Crippen LogP contribution in [0.4, 0.5) is 0 Å². The molecule has 1 aliphatic heterocycles. The third-order valence-corrected chi connectivity index (χ3v) is 3.86. The first kappa shape index (κ1) is 15.5. The van der Waals surface area contributed by atoms with Crippen molar-refractivity contribution in [1.29, 1.82) is 0 Å². The van der Waals surface area contributed by atoms with Gasteiger partial charge in [0.1, 0.15) is 6.54 Å². The molecule has 2 heterocycles. The Kier molecular flexibility index (Phi) is 4.95. The van der Waals surface area contributed by atoms with E-state index >= 15 is 0 Å². The van der Waals surface area contributed by atoms with Crippen molar-refractivity contribution in [3.05, 3.63) is 18.5 Å². The molecule has 1 fully saturated rings. The van der Waals surface area contributed by atoms with Crippen molar-refractivity contribution in [2.75, 3.05) is 20.1 Å². The summed E-state index contributed by atoms with van der Waals surface area (Å²) in [7, 11) is 1.58. The molecule has 0 aromatic carbocycles. The quantitative estimate of drug-likeness (QED) is 0.785. The van der Waals surface area contributed by atoms with Crippen LogP contribution in [-0.2, 0) is 16.1 Å². The number of carbonyl (C=O) groups is 2. The Balaban J connectivity index is 1.90. The Labute approximate surface area is 123 Å². The molecule has 0 saturated carbocycles. The number of β-amino-alcohol motifs (C(OH)–C–C–N with tert-alkyl or cyclic N) is 1. The molecule has 0 aliphatic carbocycles. The number of hydrogen-bond acceptors (Lipinski definition) is 4. The highest BCUT2D eigenvalue weighted by molar-refractivity contribution is 5.76. The summed E-state index contributed by atoms with van der Waals surface area (Å²) in [5.41, 5.74) is -0.968. The zero-order chi connectivity index (χ0) is 15.3. The third kappa shape index (κ3) is 4.29. The molecule has 0 radical (unpaired) electrons. The first-order valence-electron chi connectivity index (χ1n) is 7.20. The highest BCUT2D eigenvalue weighted by Gasteiger charge is 2.35. The van der Waals surface area contributed by atoms with Crippen LogP contribution in [0.1, 0.15) is 25.7 Å². The minimum absolute atomic E-state index is 0.0585. The lowest BCUT2D eigenvalue weighted by Gasteiger charge is -2.39. The lowest BCUT2D eigenvalue weighted by molar-refractivity contribution is -0.140. The topological polar surface area (TPSA) is 87.5 Å².